The van der Waals surface area contributed by atoms with Crippen LogP contribution in [0.15, 0.2) is 35.1 Å². The van der Waals surface area contributed by atoms with Gasteiger partial charge in [-0.3, -0.25) is 4.79 Å². The summed E-state index contributed by atoms with van der Waals surface area (Å²) in [5, 5.41) is 9.70. The number of H-pyrrole nitrogens is 1. The molecule has 88 valence electrons. The molecule has 5 nitrogen and oxygen atoms in total. The minimum atomic E-state index is -0.292. The lowest BCUT2D eigenvalue weighted by Gasteiger charge is -2.08. The van der Waals surface area contributed by atoms with Crippen LogP contribution in [0.3, 0.4) is 0 Å². The first-order valence-electron chi connectivity index (χ1n) is 5.13. The van der Waals surface area contributed by atoms with Crippen LogP contribution in [0.2, 0.25) is 0 Å². The van der Waals surface area contributed by atoms with Crippen molar-refractivity contribution in [3.05, 3.63) is 46.2 Å². The monoisotopic (exact) mass is 231 g/mol. The summed E-state index contributed by atoms with van der Waals surface area (Å²) in [7, 11) is 0. The molecule has 1 heterocycles. The first-order valence-corrected chi connectivity index (χ1v) is 5.13. The van der Waals surface area contributed by atoms with Crippen molar-refractivity contribution in [2.75, 3.05) is 5.73 Å². The number of nitrogens with one attached hydrogen (secondary N) is 1. The Balaban J connectivity index is 2.65. The van der Waals surface area contributed by atoms with Crippen LogP contribution < -0.4 is 17.0 Å². The highest BCUT2D eigenvalue weighted by Crippen LogP contribution is 2.30. The van der Waals surface area contributed by atoms with Crippen LogP contribution in [-0.2, 0) is 6.54 Å². The lowest BCUT2D eigenvalue weighted by Crippen LogP contribution is -2.17. The number of nitrogens with two attached hydrogens (primary N) is 2. The van der Waals surface area contributed by atoms with Crippen molar-refractivity contribution in [2.24, 2.45) is 5.73 Å². The van der Waals surface area contributed by atoms with Crippen LogP contribution in [0.4, 0.5) is 5.69 Å². The summed E-state index contributed by atoms with van der Waals surface area (Å²) in [6.07, 6.45) is 0. The van der Waals surface area contributed by atoms with Crippen LogP contribution >= 0.6 is 0 Å². The number of hydrogen-bond acceptors (Lipinski definition) is 4. The van der Waals surface area contributed by atoms with E-state index < -0.39 is 0 Å². The fourth-order valence-corrected chi connectivity index (χ4v) is 1.65. The van der Waals surface area contributed by atoms with Gasteiger partial charge in [-0.25, -0.2) is 0 Å². The van der Waals surface area contributed by atoms with E-state index in [2.05, 4.69) is 4.98 Å². The number of rotatable bonds is 2. The van der Waals surface area contributed by atoms with Gasteiger partial charge in [-0.1, -0.05) is 12.1 Å². The van der Waals surface area contributed by atoms with Gasteiger partial charge in [0.2, 0.25) is 0 Å². The van der Waals surface area contributed by atoms with Gasteiger partial charge >= 0.3 is 0 Å². The SMILES string of the molecule is NCc1cc(N)c(-c2ccccc2O)[nH]c1=O. The second kappa shape index (κ2) is 4.31. The van der Waals surface area contributed by atoms with E-state index >= 15 is 0 Å². The Labute approximate surface area is 97.7 Å². The van der Waals surface area contributed by atoms with E-state index in [-0.39, 0.29) is 17.9 Å². The fraction of sp³-hybridized carbons (Fsp3) is 0.0833. The van der Waals surface area contributed by atoms with Gasteiger partial charge in [-0.15, -0.1) is 0 Å². The second-order valence-electron chi connectivity index (χ2n) is 3.68. The van der Waals surface area contributed by atoms with Crippen LogP contribution in [0.25, 0.3) is 11.3 Å². The van der Waals surface area contributed by atoms with Crippen molar-refractivity contribution in [3.8, 4) is 17.0 Å². The number of benzene rings is 1. The van der Waals surface area contributed by atoms with Gasteiger partial charge in [-0.05, 0) is 18.2 Å². The van der Waals surface area contributed by atoms with Crippen LogP contribution in [0, 0.1) is 0 Å². The molecular weight excluding hydrogens is 218 g/mol. The molecule has 0 fully saturated rings. The maximum Gasteiger partial charge on any atom is 0.253 e. The molecule has 6 N–H and O–H groups in total. The molecular formula is C12H13N3O2. The molecule has 5 heteroatoms. The van der Waals surface area contributed by atoms with Gasteiger partial charge < -0.3 is 21.6 Å². The number of anilines is 1. The van der Waals surface area contributed by atoms with Gasteiger partial charge in [0.05, 0.1) is 11.4 Å². The van der Waals surface area contributed by atoms with E-state index in [4.69, 9.17) is 11.5 Å². The summed E-state index contributed by atoms with van der Waals surface area (Å²) in [5.41, 5.74) is 12.6. The largest absolute Gasteiger partial charge is 0.507 e. The third kappa shape index (κ3) is 2.00. The van der Waals surface area contributed by atoms with Gasteiger partial charge in [0.15, 0.2) is 0 Å². The maximum atomic E-state index is 11.6. The zero-order valence-electron chi connectivity index (χ0n) is 9.10. The molecule has 0 aliphatic carbocycles. The fourth-order valence-electron chi connectivity index (χ4n) is 1.65. The predicted octanol–water partition coefficient (Wildman–Crippen LogP) is 0.788. The van der Waals surface area contributed by atoms with E-state index in [0.29, 0.717) is 22.5 Å². The molecule has 1 aromatic heterocycles. The Bertz CT molecular complexity index is 605. The third-order valence-electron chi connectivity index (χ3n) is 2.54. The molecule has 0 spiro atoms. The molecule has 0 radical (unpaired) electrons. The molecule has 0 unspecified atom stereocenters. The minimum absolute atomic E-state index is 0.0651. The summed E-state index contributed by atoms with van der Waals surface area (Å²) in [5.74, 6) is 0.0651. The Hall–Kier alpha value is -2.27. The van der Waals surface area contributed by atoms with E-state index in [1.807, 2.05) is 0 Å². The number of phenolic OH excluding ortho intramolecular Hbond substituents is 1. The smallest absolute Gasteiger partial charge is 0.253 e. The molecule has 1 aromatic carbocycles. The normalized spacial score (nSPS) is 10.4. The van der Waals surface area contributed by atoms with Gasteiger partial charge in [0, 0.05) is 17.7 Å². The molecule has 0 aliphatic heterocycles. The van der Waals surface area contributed by atoms with Crippen LogP contribution in [-0.4, -0.2) is 10.1 Å². The number of aromatic amines is 1. The molecule has 17 heavy (non-hydrogen) atoms. The molecule has 2 aromatic rings. The van der Waals surface area contributed by atoms with Crippen molar-refractivity contribution in [1.82, 2.24) is 4.98 Å². The molecule has 0 atom stereocenters. The van der Waals surface area contributed by atoms with Crippen molar-refractivity contribution in [1.29, 1.82) is 0 Å². The summed E-state index contributed by atoms with van der Waals surface area (Å²) >= 11 is 0. The van der Waals surface area contributed by atoms with Gasteiger partial charge in [0.25, 0.3) is 5.56 Å². The van der Waals surface area contributed by atoms with Crippen LogP contribution in [0.5, 0.6) is 5.75 Å². The van der Waals surface area contributed by atoms with Crippen molar-refractivity contribution < 1.29 is 5.11 Å². The number of nitrogen functional groups attached to an aromatic ring is 1. The van der Waals surface area contributed by atoms with Gasteiger partial charge in [-0.2, -0.15) is 0 Å². The summed E-state index contributed by atoms with van der Waals surface area (Å²) in [6, 6.07) is 8.19. The quantitative estimate of drug-likeness (QED) is 0.613. The highest BCUT2D eigenvalue weighted by Gasteiger charge is 2.10. The van der Waals surface area contributed by atoms with Crippen LogP contribution in [0.1, 0.15) is 5.56 Å². The summed E-state index contributed by atoms with van der Waals surface area (Å²) < 4.78 is 0. The van der Waals surface area contributed by atoms with E-state index in [1.165, 1.54) is 12.1 Å². The van der Waals surface area contributed by atoms with Crippen molar-refractivity contribution in [3.63, 3.8) is 0 Å². The van der Waals surface area contributed by atoms with E-state index in [9.17, 15) is 9.90 Å². The standard InChI is InChI=1S/C12H13N3O2/c13-6-7-5-9(14)11(15-12(7)17)8-3-1-2-4-10(8)16/h1-5,16H,6,13-14H2,(H,15,17). The lowest BCUT2D eigenvalue weighted by atomic mass is 10.1. The molecule has 0 amide bonds. The minimum Gasteiger partial charge on any atom is -0.507 e. The number of para-hydroxylation sites is 1. The van der Waals surface area contributed by atoms with Crippen molar-refractivity contribution in [2.45, 2.75) is 6.54 Å². The third-order valence-corrected chi connectivity index (χ3v) is 2.54. The first-order chi connectivity index (χ1) is 8.13. The number of pyridine rings is 1. The zero-order valence-corrected chi connectivity index (χ0v) is 9.10. The number of phenols is 1. The first kappa shape index (κ1) is 11.2. The Kier molecular flexibility index (Phi) is 2.84. The number of aromatic nitrogens is 1. The average molecular weight is 231 g/mol. The number of hydrogen-bond donors (Lipinski definition) is 4. The molecule has 0 saturated carbocycles. The lowest BCUT2D eigenvalue weighted by molar-refractivity contribution is 0.477. The molecule has 2 rings (SSSR count). The highest BCUT2D eigenvalue weighted by molar-refractivity contribution is 5.76. The molecule has 0 saturated heterocycles. The molecule has 0 bridgehead atoms. The zero-order chi connectivity index (χ0) is 12.4. The predicted molar refractivity (Wildman–Crippen MR) is 66.5 cm³/mol. The van der Waals surface area contributed by atoms with Crippen molar-refractivity contribution >= 4 is 5.69 Å². The van der Waals surface area contributed by atoms with E-state index in [1.54, 1.807) is 18.2 Å². The van der Waals surface area contributed by atoms with Gasteiger partial charge in [0.1, 0.15) is 5.75 Å². The Morgan fingerprint density at radius 2 is 2.00 bits per heavy atom. The topological polar surface area (TPSA) is 105 Å². The second-order valence-corrected chi connectivity index (χ2v) is 3.68. The maximum absolute atomic E-state index is 11.6. The van der Waals surface area contributed by atoms with E-state index in [0.717, 1.165) is 0 Å². The summed E-state index contributed by atoms with van der Waals surface area (Å²) in [4.78, 5) is 14.3. The Morgan fingerprint density at radius 1 is 1.29 bits per heavy atom. The highest BCUT2D eigenvalue weighted by atomic mass is 16.3. The summed E-state index contributed by atoms with van der Waals surface area (Å²) in [6.45, 7) is 0.126. The number of aromatic hydroxyl groups is 1. The average Bonchev–Trinajstić information content (AvgIpc) is 2.32. The Morgan fingerprint density at radius 3 is 2.65 bits per heavy atom. The molecule has 0 aliphatic rings.